The molecule has 2 aromatic heterocycles. The lowest BCUT2D eigenvalue weighted by Crippen LogP contribution is -2.37. The predicted molar refractivity (Wildman–Crippen MR) is 141 cm³/mol. The topological polar surface area (TPSA) is 94.3 Å². The Morgan fingerprint density at radius 3 is 1.89 bits per heavy atom. The third-order valence-corrected chi connectivity index (χ3v) is 5.63. The number of hydrogen-bond acceptors (Lipinski definition) is 6. The quantitative estimate of drug-likeness (QED) is 0.279. The van der Waals surface area contributed by atoms with E-state index in [1.54, 1.807) is 24.9 Å². The van der Waals surface area contributed by atoms with Crippen molar-refractivity contribution in [2.24, 2.45) is 14.1 Å². The summed E-state index contributed by atoms with van der Waals surface area (Å²) in [6.45, 7) is 4.23. The molecular weight excluding hydrogens is 468 g/mol. The van der Waals surface area contributed by atoms with Crippen LogP contribution < -0.4 is 5.32 Å². The zero-order valence-corrected chi connectivity index (χ0v) is 21.6. The molecule has 0 saturated carbocycles. The molecule has 1 amide bonds. The fourth-order valence-electron chi connectivity index (χ4n) is 3.58. The molecule has 0 bridgehead atoms. The van der Waals surface area contributed by atoms with Crippen molar-refractivity contribution in [3.8, 4) is 0 Å². The van der Waals surface area contributed by atoms with Crippen LogP contribution >= 0.6 is 0 Å². The van der Waals surface area contributed by atoms with Gasteiger partial charge in [-0.1, -0.05) is 60.7 Å². The number of aromatic nitrogens is 4. The standard InChI is InChI=1S/C16H19N3O3.C12H15N3/c1-3-22-16(21)15(20)19(11-13-7-5-4-6-8-13)12-14-9-10-17-18(14)2;1-15-12(7-8-14-15)10-13-9-11-5-3-2-4-6-11/h4-10H,3,11-12H2,1-2H3;2-8,13H,9-10H2,1H3. The molecule has 0 radical (unpaired) electrons. The molecule has 1 N–H and O–H groups in total. The number of hydrogen-bond donors (Lipinski definition) is 1. The Balaban J connectivity index is 0.000000220. The minimum Gasteiger partial charge on any atom is -0.459 e. The van der Waals surface area contributed by atoms with Gasteiger partial charge >= 0.3 is 11.9 Å². The Morgan fingerprint density at radius 2 is 1.35 bits per heavy atom. The Labute approximate surface area is 217 Å². The third-order valence-electron chi connectivity index (χ3n) is 5.63. The zero-order valence-electron chi connectivity index (χ0n) is 21.6. The molecular formula is C28H34N6O3. The number of rotatable bonds is 9. The Morgan fingerprint density at radius 1 is 0.784 bits per heavy atom. The first kappa shape index (κ1) is 27.3. The van der Waals surface area contributed by atoms with Gasteiger partial charge in [0.1, 0.15) is 0 Å². The van der Waals surface area contributed by atoms with Crippen LogP contribution in [0.3, 0.4) is 0 Å². The van der Waals surface area contributed by atoms with E-state index in [0.717, 1.165) is 24.3 Å². The van der Waals surface area contributed by atoms with Crippen LogP contribution in [0, 0.1) is 0 Å². The maximum absolute atomic E-state index is 12.3. The lowest BCUT2D eigenvalue weighted by Gasteiger charge is -2.21. The van der Waals surface area contributed by atoms with Crippen LogP contribution in [-0.4, -0.2) is 42.9 Å². The highest BCUT2D eigenvalue weighted by molar-refractivity contribution is 6.32. The number of benzene rings is 2. The molecule has 0 unspecified atom stereocenters. The highest BCUT2D eigenvalue weighted by atomic mass is 16.5. The molecule has 37 heavy (non-hydrogen) atoms. The van der Waals surface area contributed by atoms with E-state index in [2.05, 4.69) is 39.8 Å². The average Bonchev–Trinajstić information content (AvgIpc) is 3.52. The van der Waals surface area contributed by atoms with E-state index in [0.29, 0.717) is 13.1 Å². The second-order valence-corrected chi connectivity index (χ2v) is 8.35. The minimum absolute atomic E-state index is 0.176. The van der Waals surface area contributed by atoms with Gasteiger partial charge in [0.15, 0.2) is 0 Å². The number of esters is 1. The van der Waals surface area contributed by atoms with E-state index in [1.165, 1.54) is 16.2 Å². The molecule has 0 saturated heterocycles. The van der Waals surface area contributed by atoms with Crippen molar-refractivity contribution in [3.63, 3.8) is 0 Å². The smallest absolute Gasteiger partial charge is 0.397 e. The lowest BCUT2D eigenvalue weighted by atomic mass is 10.2. The summed E-state index contributed by atoms with van der Waals surface area (Å²) in [4.78, 5) is 25.5. The van der Waals surface area contributed by atoms with Gasteiger partial charge in [0.05, 0.1) is 24.5 Å². The van der Waals surface area contributed by atoms with Crippen LogP contribution in [0.15, 0.2) is 85.2 Å². The van der Waals surface area contributed by atoms with Gasteiger partial charge in [-0.3, -0.25) is 14.2 Å². The van der Waals surface area contributed by atoms with Crippen molar-refractivity contribution < 1.29 is 14.3 Å². The molecule has 0 aliphatic carbocycles. The van der Waals surface area contributed by atoms with Gasteiger partial charge in [-0.25, -0.2) is 4.79 Å². The fraction of sp³-hybridized carbons (Fsp3) is 0.286. The van der Waals surface area contributed by atoms with Crippen LogP contribution in [0.4, 0.5) is 0 Å². The number of aryl methyl sites for hydroxylation is 2. The Bertz CT molecular complexity index is 1240. The van der Waals surface area contributed by atoms with Gasteiger partial charge in [0, 0.05) is 46.1 Å². The summed E-state index contributed by atoms with van der Waals surface area (Å²) in [5, 5.41) is 11.6. The second-order valence-electron chi connectivity index (χ2n) is 8.35. The van der Waals surface area contributed by atoms with E-state index in [-0.39, 0.29) is 6.61 Å². The van der Waals surface area contributed by atoms with Crippen LogP contribution in [0.1, 0.15) is 29.4 Å². The average molecular weight is 503 g/mol. The van der Waals surface area contributed by atoms with E-state index in [9.17, 15) is 9.59 Å². The van der Waals surface area contributed by atoms with Gasteiger partial charge in [-0.05, 0) is 30.2 Å². The van der Waals surface area contributed by atoms with Crippen LogP contribution in [0.5, 0.6) is 0 Å². The second kappa shape index (κ2) is 14.4. The number of nitrogens with one attached hydrogen (secondary N) is 1. The molecule has 9 nitrogen and oxygen atoms in total. The molecule has 194 valence electrons. The Hall–Kier alpha value is -4.24. The fourth-order valence-corrected chi connectivity index (χ4v) is 3.58. The van der Waals surface area contributed by atoms with Gasteiger partial charge in [0.2, 0.25) is 0 Å². The number of carbonyl (C=O) groups is 2. The lowest BCUT2D eigenvalue weighted by molar-refractivity contribution is -0.160. The number of carbonyl (C=O) groups excluding carboxylic acids is 2. The maximum Gasteiger partial charge on any atom is 0.397 e. The van der Waals surface area contributed by atoms with Crippen LogP contribution in [0.25, 0.3) is 0 Å². The van der Waals surface area contributed by atoms with Gasteiger partial charge in [-0.15, -0.1) is 0 Å². The predicted octanol–water partition coefficient (Wildman–Crippen LogP) is 3.22. The monoisotopic (exact) mass is 502 g/mol. The van der Waals surface area contributed by atoms with Crippen LogP contribution in [0.2, 0.25) is 0 Å². The van der Waals surface area contributed by atoms with Gasteiger partial charge < -0.3 is 15.0 Å². The van der Waals surface area contributed by atoms with E-state index < -0.39 is 11.9 Å². The van der Waals surface area contributed by atoms with Crippen molar-refractivity contribution in [2.45, 2.75) is 33.1 Å². The summed E-state index contributed by atoms with van der Waals surface area (Å²) in [6, 6.07) is 23.7. The number of ether oxygens (including phenoxy) is 1. The molecule has 0 aliphatic heterocycles. The highest BCUT2D eigenvalue weighted by Gasteiger charge is 2.24. The normalized spacial score (nSPS) is 10.4. The van der Waals surface area contributed by atoms with Crippen molar-refractivity contribution in [2.75, 3.05) is 6.61 Å². The first-order chi connectivity index (χ1) is 18.0. The first-order valence-corrected chi connectivity index (χ1v) is 12.2. The molecule has 0 aliphatic rings. The van der Waals surface area contributed by atoms with Gasteiger partial charge in [-0.2, -0.15) is 10.2 Å². The molecule has 2 aromatic carbocycles. The maximum atomic E-state index is 12.3. The summed E-state index contributed by atoms with van der Waals surface area (Å²) >= 11 is 0. The van der Waals surface area contributed by atoms with Gasteiger partial charge in [0.25, 0.3) is 0 Å². The minimum atomic E-state index is -0.833. The molecule has 4 aromatic rings. The molecule has 0 spiro atoms. The molecule has 2 heterocycles. The van der Waals surface area contributed by atoms with Crippen LogP contribution in [-0.2, 0) is 54.6 Å². The molecule has 4 rings (SSSR count). The third kappa shape index (κ3) is 8.73. The first-order valence-electron chi connectivity index (χ1n) is 12.2. The molecule has 0 atom stereocenters. The van der Waals surface area contributed by atoms with E-state index >= 15 is 0 Å². The van der Waals surface area contributed by atoms with Crippen molar-refractivity contribution in [3.05, 3.63) is 108 Å². The summed E-state index contributed by atoms with van der Waals surface area (Å²) in [6.07, 6.45) is 3.48. The van der Waals surface area contributed by atoms with Crippen molar-refractivity contribution >= 4 is 11.9 Å². The van der Waals surface area contributed by atoms with Crippen molar-refractivity contribution in [1.29, 1.82) is 0 Å². The highest BCUT2D eigenvalue weighted by Crippen LogP contribution is 2.10. The summed E-state index contributed by atoms with van der Waals surface area (Å²) < 4.78 is 8.38. The number of nitrogens with zero attached hydrogens (tertiary/aromatic N) is 5. The summed E-state index contributed by atoms with van der Waals surface area (Å²) in [7, 11) is 3.75. The molecule has 0 fully saturated rings. The summed E-state index contributed by atoms with van der Waals surface area (Å²) in [5.74, 6) is -1.48. The SMILES string of the molecule is CCOC(=O)C(=O)N(Cc1ccccc1)Cc1ccnn1C.Cn1nccc1CNCc1ccccc1. The molecule has 9 heteroatoms. The largest absolute Gasteiger partial charge is 0.459 e. The Kier molecular flexibility index (Phi) is 10.6. The van der Waals surface area contributed by atoms with Crippen molar-refractivity contribution in [1.82, 2.24) is 29.8 Å². The van der Waals surface area contributed by atoms with E-state index in [1.807, 2.05) is 66.5 Å². The zero-order chi connectivity index (χ0) is 26.5. The van der Waals surface area contributed by atoms with E-state index in [4.69, 9.17) is 4.74 Å². The summed E-state index contributed by atoms with van der Waals surface area (Å²) in [5.41, 5.74) is 4.29. The number of amides is 1.